The van der Waals surface area contributed by atoms with Crippen molar-refractivity contribution in [2.45, 2.75) is 38.4 Å². The molecule has 0 saturated carbocycles. The summed E-state index contributed by atoms with van der Waals surface area (Å²) in [5, 5.41) is 12.2. The second-order valence-electron chi connectivity index (χ2n) is 5.67. The third-order valence-corrected chi connectivity index (χ3v) is 3.10. The van der Waals surface area contributed by atoms with Crippen LogP contribution in [0.5, 0.6) is 0 Å². The Hall–Kier alpha value is -1.66. The van der Waals surface area contributed by atoms with Crippen LogP contribution in [0.1, 0.15) is 49.0 Å². The van der Waals surface area contributed by atoms with Crippen LogP contribution < -0.4 is 11.1 Å². The molecule has 1 aromatic rings. The second-order valence-corrected chi connectivity index (χ2v) is 5.67. The van der Waals surface area contributed by atoms with Crippen molar-refractivity contribution < 1.29 is 14.6 Å². The first-order valence-corrected chi connectivity index (χ1v) is 6.75. The quantitative estimate of drug-likeness (QED) is 0.764. The summed E-state index contributed by atoms with van der Waals surface area (Å²) in [5.41, 5.74) is 6.06. The van der Waals surface area contributed by atoms with Gasteiger partial charge in [-0.3, -0.25) is 4.79 Å². The molecule has 110 valence electrons. The van der Waals surface area contributed by atoms with Crippen LogP contribution in [0.15, 0.2) is 12.1 Å². The Balaban J connectivity index is 2.13. The van der Waals surface area contributed by atoms with Gasteiger partial charge in [-0.25, -0.2) is 4.98 Å². The van der Waals surface area contributed by atoms with E-state index in [-0.39, 0.29) is 24.2 Å². The second kappa shape index (κ2) is 5.76. The molecule has 1 unspecified atom stereocenters. The predicted molar refractivity (Wildman–Crippen MR) is 75.2 cm³/mol. The van der Waals surface area contributed by atoms with E-state index in [9.17, 15) is 9.90 Å². The largest absolute Gasteiger partial charge is 0.397 e. The van der Waals surface area contributed by atoms with Crippen molar-refractivity contribution in [3.63, 3.8) is 0 Å². The number of carbonyl (C=O) groups excluding carboxylic acids is 1. The summed E-state index contributed by atoms with van der Waals surface area (Å²) in [6.45, 7) is 4.09. The van der Waals surface area contributed by atoms with E-state index in [1.54, 1.807) is 26.0 Å². The van der Waals surface area contributed by atoms with Gasteiger partial charge in [0, 0.05) is 13.2 Å². The van der Waals surface area contributed by atoms with E-state index in [2.05, 4.69) is 10.3 Å². The Morgan fingerprint density at radius 2 is 2.35 bits per heavy atom. The Kier molecular flexibility index (Phi) is 4.25. The van der Waals surface area contributed by atoms with Gasteiger partial charge in [-0.2, -0.15) is 0 Å². The van der Waals surface area contributed by atoms with Crippen molar-refractivity contribution in [1.82, 2.24) is 10.3 Å². The van der Waals surface area contributed by atoms with Gasteiger partial charge in [-0.05, 0) is 38.8 Å². The smallest absolute Gasteiger partial charge is 0.272 e. The number of hydrogen-bond acceptors (Lipinski definition) is 5. The molecule has 2 heterocycles. The molecule has 6 nitrogen and oxygen atoms in total. The number of nitrogens with one attached hydrogen (secondary N) is 1. The fourth-order valence-electron chi connectivity index (χ4n) is 2.04. The fourth-order valence-corrected chi connectivity index (χ4v) is 2.04. The molecule has 1 aliphatic heterocycles. The first-order valence-electron chi connectivity index (χ1n) is 6.75. The van der Waals surface area contributed by atoms with E-state index in [1.807, 2.05) is 0 Å². The number of carbonyl (C=O) groups is 1. The maximum absolute atomic E-state index is 12.1. The van der Waals surface area contributed by atoms with Crippen LogP contribution in [0.25, 0.3) is 0 Å². The van der Waals surface area contributed by atoms with Gasteiger partial charge in [0.05, 0.1) is 23.1 Å². The Bertz CT molecular complexity index is 491. The highest BCUT2D eigenvalue weighted by molar-refractivity contribution is 5.97. The molecule has 0 spiro atoms. The molecule has 1 aromatic heterocycles. The van der Waals surface area contributed by atoms with Gasteiger partial charge in [0.2, 0.25) is 0 Å². The van der Waals surface area contributed by atoms with E-state index in [0.29, 0.717) is 5.69 Å². The van der Waals surface area contributed by atoms with Crippen molar-refractivity contribution in [2.75, 3.05) is 18.9 Å². The molecule has 1 aliphatic rings. The lowest BCUT2D eigenvalue weighted by atomic mass is 10.1. The van der Waals surface area contributed by atoms with E-state index < -0.39 is 5.60 Å². The molecule has 0 aromatic carbocycles. The Morgan fingerprint density at radius 3 is 2.95 bits per heavy atom. The highest BCUT2D eigenvalue weighted by Crippen LogP contribution is 2.28. The van der Waals surface area contributed by atoms with Crippen LogP contribution in [0.3, 0.4) is 0 Å². The molecular formula is C14H21N3O3. The van der Waals surface area contributed by atoms with Crippen molar-refractivity contribution in [3.8, 4) is 0 Å². The van der Waals surface area contributed by atoms with Gasteiger partial charge >= 0.3 is 0 Å². The standard InChI is InChI=1S/C14H21N3O3/c1-14(2,19)8-16-13(18)12-9(15)5-6-10(17-12)11-4-3-7-20-11/h5-6,11,19H,3-4,7-8,15H2,1-2H3,(H,16,18). The van der Waals surface area contributed by atoms with E-state index >= 15 is 0 Å². The molecule has 1 fully saturated rings. The molecule has 20 heavy (non-hydrogen) atoms. The summed E-state index contributed by atoms with van der Waals surface area (Å²) in [6.07, 6.45) is 1.84. The van der Waals surface area contributed by atoms with E-state index in [1.165, 1.54) is 0 Å². The topological polar surface area (TPSA) is 97.5 Å². The van der Waals surface area contributed by atoms with Crippen LogP contribution in [0.2, 0.25) is 0 Å². The van der Waals surface area contributed by atoms with Gasteiger partial charge in [0.1, 0.15) is 0 Å². The number of nitrogen functional groups attached to an aromatic ring is 1. The van der Waals surface area contributed by atoms with E-state index in [4.69, 9.17) is 10.5 Å². The third kappa shape index (κ3) is 3.68. The van der Waals surface area contributed by atoms with Crippen LogP contribution in [0.4, 0.5) is 5.69 Å². The maximum Gasteiger partial charge on any atom is 0.272 e. The van der Waals surface area contributed by atoms with Gasteiger partial charge in [0.15, 0.2) is 5.69 Å². The molecule has 0 radical (unpaired) electrons. The van der Waals surface area contributed by atoms with Gasteiger partial charge in [0.25, 0.3) is 5.91 Å². The zero-order valence-electron chi connectivity index (χ0n) is 11.8. The monoisotopic (exact) mass is 279 g/mol. The maximum atomic E-state index is 12.1. The zero-order valence-corrected chi connectivity index (χ0v) is 11.8. The molecule has 0 bridgehead atoms. The number of pyridine rings is 1. The van der Waals surface area contributed by atoms with Crippen LogP contribution in [-0.2, 0) is 4.74 Å². The number of nitrogens with two attached hydrogens (primary N) is 1. The minimum atomic E-state index is -0.976. The lowest BCUT2D eigenvalue weighted by Gasteiger charge is -2.18. The molecule has 4 N–H and O–H groups in total. The van der Waals surface area contributed by atoms with Gasteiger partial charge < -0.3 is 20.9 Å². The lowest BCUT2D eigenvalue weighted by molar-refractivity contribution is 0.0691. The van der Waals surface area contributed by atoms with Crippen molar-refractivity contribution in [1.29, 1.82) is 0 Å². The zero-order chi connectivity index (χ0) is 14.8. The number of rotatable bonds is 4. The van der Waals surface area contributed by atoms with Crippen LogP contribution in [0, 0.1) is 0 Å². The molecule has 1 amide bonds. The Morgan fingerprint density at radius 1 is 1.60 bits per heavy atom. The summed E-state index contributed by atoms with van der Waals surface area (Å²) in [4.78, 5) is 16.4. The number of aromatic nitrogens is 1. The molecular weight excluding hydrogens is 258 g/mol. The number of nitrogens with zero attached hydrogens (tertiary/aromatic N) is 1. The van der Waals surface area contributed by atoms with Crippen LogP contribution in [-0.4, -0.2) is 34.8 Å². The molecule has 0 aliphatic carbocycles. The summed E-state index contributed by atoms with van der Waals surface area (Å²) in [5.74, 6) is -0.385. The highest BCUT2D eigenvalue weighted by Gasteiger charge is 2.22. The summed E-state index contributed by atoms with van der Waals surface area (Å²) >= 11 is 0. The summed E-state index contributed by atoms with van der Waals surface area (Å²) in [6, 6.07) is 3.46. The van der Waals surface area contributed by atoms with Crippen molar-refractivity contribution >= 4 is 11.6 Å². The third-order valence-electron chi connectivity index (χ3n) is 3.10. The van der Waals surface area contributed by atoms with E-state index in [0.717, 1.165) is 25.1 Å². The van der Waals surface area contributed by atoms with Crippen molar-refractivity contribution in [3.05, 3.63) is 23.5 Å². The van der Waals surface area contributed by atoms with Gasteiger partial charge in [-0.1, -0.05) is 0 Å². The minimum absolute atomic E-state index is 0.0589. The summed E-state index contributed by atoms with van der Waals surface area (Å²) < 4.78 is 5.55. The average Bonchev–Trinajstić information content (AvgIpc) is 2.89. The normalized spacial score (nSPS) is 19.1. The SMILES string of the molecule is CC(C)(O)CNC(=O)c1nc(C2CCCO2)ccc1N. The Labute approximate surface area is 118 Å². The molecule has 6 heteroatoms. The first kappa shape index (κ1) is 14.7. The average molecular weight is 279 g/mol. The highest BCUT2D eigenvalue weighted by atomic mass is 16.5. The number of ether oxygens (including phenoxy) is 1. The molecule has 1 saturated heterocycles. The number of amides is 1. The summed E-state index contributed by atoms with van der Waals surface area (Å²) in [7, 11) is 0. The molecule has 1 atom stereocenters. The minimum Gasteiger partial charge on any atom is -0.397 e. The van der Waals surface area contributed by atoms with Crippen molar-refractivity contribution in [2.24, 2.45) is 0 Å². The number of anilines is 1. The van der Waals surface area contributed by atoms with Crippen LogP contribution >= 0.6 is 0 Å². The number of aliphatic hydroxyl groups is 1. The lowest BCUT2D eigenvalue weighted by Crippen LogP contribution is -2.38. The number of hydrogen-bond donors (Lipinski definition) is 3. The predicted octanol–water partition coefficient (Wildman–Crippen LogP) is 1.02. The van der Waals surface area contributed by atoms with Gasteiger partial charge in [-0.15, -0.1) is 0 Å². The fraction of sp³-hybridized carbons (Fsp3) is 0.571. The first-order chi connectivity index (χ1) is 9.37. The molecule has 2 rings (SSSR count).